The van der Waals surface area contributed by atoms with Crippen molar-refractivity contribution in [3.8, 4) is 11.3 Å². The number of rotatable bonds is 4. The molecule has 1 N–H and O–H groups in total. The Morgan fingerprint density at radius 3 is 2.86 bits per heavy atom. The number of likely N-dealkylation sites (tertiary alicyclic amines) is 1. The van der Waals surface area contributed by atoms with Crippen LogP contribution in [0.5, 0.6) is 0 Å². The standard InChI is InChI=1S/C21H21FN6O/c1-14(29)28-7-3-5-16(13-28)21-26-19(15-4-2-6-23-10-15)9-20(27-21)25-18-8-17(22)11-24-12-18/h2,4,6,8-12,16H,3,5,7,13H2,1H3,(H,25,26,27). The number of hydrogen-bond donors (Lipinski definition) is 1. The third-order valence-corrected chi connectivity index (χ3v) is 4.91. The lowest BCUT2D eigenvalue weighted by Gasteiger charge is -2.31. The zero-order chi connectivity index (χ0) is 20.2. The second kappa shape index (κ2) is 8.30. The van der Waals surface area contributed by atoms with Crippen LogP contribution in [0.1, 0.15) is 31.5 Å². The van der Waals surface area contributed by atoms with E-state index in [4.69, 9.17) is 4.98 Å². The summed E-state index contributed by atoms with van der Waals surface area (Å²) in [6.45, 7) is 2.93. The van der Waals surface area contributed by atoms with Gasteiger partial charge in [0, 0.05) is 56.0 Å². The van der Waals surface area contributed by atoms with E-state index in [0.29, 0.717) is 23.9 Å². The fourth-order valence-electron chi connectivity index (χ4n) is 3.48. The van der Waals surface area contributed by atoms with Crippen molar-refractivity contribution in [2.24, 2.45) is 0 Å². The molecule has 1 aliphatic rings. The van der Waals surface area contributed by atoms with Gasteiger partial charge in [0.1, 0.15) is 17.5 Å². The van der Waals surface area contributed by atoms with Crippen molar-refractivity contribution < 1.29 is 9.18 Å². The fraction of sp³-hybridized carbons (Fsp3) is 0.286. The van der Waals surface area contributed by atoms with E-state index in [2.05, 4.69) is 20.3 Å². The van der Waals surface area contributed by atoms with E-state index in [1.807, 2.05) is 17.0 Å². The molecule has 1 saturated heterocycles. The normalized spacial score (nSPS) is 16.5. The summed E-state index contributed by atoms with van der Waals surface area (Å²) in [5.74, 6) is 0.865. The van der Waals surface area contributed by atoms with Crippen molar-refractivity contribution in [1.29, 1.82) is 0 Å². The van der Waals surface area contributed by atoms with Gasteiger partial charge in [-0.2, -0.15) is 0 Å². The minimum Gasteiger partial charge on any atom is -0.342 e. The van der Waals surface area contributed by atoms with Gasteiger partial charge in [0.2, 0.25) is 5.91 Å². The summed E-state index contributed by atoms with van der Waals surface area (Å²) in [4.78, 5) is 31.1. The molecule has 1 fully saturated rings. The van der Waals surface area contributed by atoms with Crippen molar-refractivity contribution in [2.45, 2.75) is 25.7 Å². The Balaban J connectivity index is 1.71. The molecule has 3 aromatic heterocycles. The second-order valence-corrected chi connectivity index (χ2v) is 7.06. The highest BCUT2D eigenvalue weighted by molar-refractivity contribution is 5.73. The number of carbonyl (C=O) groups is 1. The van der Waals surface area contributed by atoms with Gasteiger partial charge in [0.15, 0.2) is 0 Å². The smallest absolute Gasteiger partial charge is 0.219 e. The molecule has 0 saturated carbocycles. The predicted molar refractivity (Wildman–Crippen MR) is 107 cm³/mol. The largest absolute Gasteiger partial charge is 0.342 e. The molecule has 4 rings (SSSR count). The van der Waals surface area contributed by atoms with E-state index < -0.39 is 5.82 Å². The monoisotopic (exact) mass is 392 g/mol. The first-order valence-electron chi connectivity index (χ1n) is 9.51. The van der Waals surface area contributed by atoms with E-state index in [0.717, 1.165) is 36.8 Å². The maximum atomic E-state index is 13.5. The van der Waals surface area contributed by atoms with Gasteiger partial charge in [-0.25, -0.2) is 14.4 Å². The molecule has 0 spiro atoms. The zero-order valence-electron chi connectivity index (χ0n) is 16.0. The molecule has 1 unspecified atom stereocenters. The summed E-state index contributed by atoms with van der Waals surface area (Å²) in [7, 11) is 0. The Morgan fingerprint density at radius 2 is 2.10 bits per heavy atom. The molecular weight excluding hydrogens is 371 g/mol. The topological polar surface area (TPSA) is 83.9 Å². The lowest BCUT2D eigenvalue weighted by atomic mass is 9.97. The molecule has 148 valence electrons. The van der Waals surface area contributed by atoms with Gasteiger partial charge in [-0.15, -0.1) is 0 Å². The molecule has 29 heavy (non-hydrogen) atoms. The van der Waals surface area contributed by atoms with Crippen molar-refractivity contribution in [3.05, 3.63) is 60.7 Å². The molecule has 7 nitrogen and oxygen atoms in total. The van der Waals surface area contributed by atoms with Crippen molar-refractivity contribution in [1.82, 2.24) is 24.8 Å². The van der Waals surface area contributed by atoms with Crippen LogP contribution < -0.4 is 5.32 Å². The van der Waals surface area contributed by atoms with Crippen LogP contribution in [-0.4, -0.2) is 43.8 Å². The van der Waals surface area contributed by atoms with E-state index >= 15 is 0 Å². The number of nitrogens with one attached hydrogen (secondary N) is 1. The van der Waals surface area contributed by atoms with Crippen molar-refractivity contribution >= 4 is 17.4 Å². The SMILES string of the molecule is CC(=O)N1CCCC(c2nc(Nc3cncc(F)c3)cc(-c3cccnc3)n2)C1. The molecule has 3 aromatic rings. The number of amides is 1. The lowest BCUT2D eigenvalue weighted by Crippen LogP contribution is -2.38. The van der Waals surface area contributed by atoms with Crippen LogP contribution in [-0.2, 0) is 4.79 Å². The van der Waals surface area contributed by atoms with E-state index in [1.165, 1.54) is 12.3 Å². The van der Waals surface area contributed by atoms with Gasteiger partial charge in [-0.05, 0) is 25.0 Å². The Bertz CT molecular complexity index is 1010. The highest BCUT2D eigenvalue weighted by Gasteiger charge is 2.25. The first-order chi connectivity index (χ1) is 14.1. The highest BCUT2D eigenvalue weighted by atomic mass is 19.1. The Labute approximate surface area is 168 Å². The molecule has 0 bridgehead atoms. The quantitative estimate of drug-likeness (QED) is 0.731. The van der Waals surface area contributed by atoms with Crippen LogP contribution in [0, 0.1) is 5.82 Å². The minimum absolute atomic E-state index is 0.0375. The third kappa shape index (κ3) is 4.53. The van der Waals surface area contributed by atoms with E-state index in [1.54, 1.807) is 25.4 Å². The van der Waals surface area contributed by atoms with Crippen molar-refractivity contribution in [3.63, 3.8) is 0 Å². The Hall–Kier alpha value is -3.42. The fourth-order valence-corrected chi connectivity index (χ4v) is 3.48. The molecule has 8 heteroatoms. The number of anilines is 2. The van der Waals surface area contributed by atoms with Gasteiger partial charge in [-0.1, -0.05) is 0 Å². The average molecular weight is 392 g/mol. The Morgan fingerprint density at radius 1 is 1.21 bits per heavy atom. The number of halogens is 1. The van der Waals surface area contributed by atoms with Crippen LogP contribution >= 0.6 is 0 Å². The molecule has 1 amide bonds. The van der Waals surface area contributed by atoms with E-state index in [-0.39, 0.29) is 11.8 Å². The van der Waals surface area contributed by atoms with E-state index in [9.17, 15) is 9.18 Å². The molecule has 0 radical (unpaired) electrons. The van der Waals surface area contributed by atoms with Gasteiger partial charge >= 0.3 is 0 Å². The summed E-state index contributed by atoms with van der Waals surface area (Å²) in [6, 6.07) is 6.93. The molecule has 1 atom stereocenters. The first-order valence-corrected chi connectivity index (χ1v) is 9.51. The van der Waals surface area contributed by atoms with Gasteiger partial charge in [-0.3, -0.25) is 14.8 Å². The molecule has 1 aliphatic heterocycles. The Kier molecular flexibility index (Phi) is 5.41. The average Bonchev–Trinajstić information content (AvgIpc) is 2.74. The summed E-state index contributed by atoms with van der Waals surface area (Å²) in [5.41, 5.74) is 2.08. The number of hydrogen-bond acceptors (Lipinski definition) is 6. The van der Waals surface area contributed by atoms with Crippen molar-refractivity contribution in [2.75, 3.05) is 18.4 Å². The number of aromatic nitrogens is 4. The predicted octanol–water partition coefficient (Wildman–Crippen LogP) is 3.54. The summed E-state index contributed by atoms with van der Waals surface area (Å²) in [6.07, 6.45) is 7.93. The molecule has 0 aliphatic carbocycles. The number of nitrogens with zero attached hydrogens (tertiary/aromatic N) is 5. The van der Waals surface area contributed by atoms with Crippen LogP contribution in [0.15, 0.2) is 49.1 Å². The van der Waals surface area contributed by atoms with Gasteiger partial charge < -0.3 is 10.2 Å². The molecule has 0 aromatic carbocycles. The summed E-state index contributed by atoms with van der Waals surface area (Å²) < 4.78 is 13.5. The first kappa shape index (κ1) is 18.9. The van der Waals surface area contributed by atoms with Gasteiger partial charge in [0.05, 0.1) is 23.8 Å². The molecular formula is C21H21FN6O. The van der Waals surface area contributed by atoms with Crippen LogP contribution in [0.25, 0.3) is 11.3 Å². The third-order valence-electron chi connectivity index (χ3n) is 4.91. The zero-order valence-corrected chi connectivity index (χ0v) is 16.0. The maximum Gasteiger partial charge on any atom is 0.219 e. The lowest BCUT2D eigenvalue weighted by molar-refractivity contribution is -0.130. The number of carbonyl (C=O) groups excluding carboxylic acids is 1. The van der Waals surface area contributed by atoms with Crippen LogP contribution in [0.4, 0.5) is 15.9 Å². The second-order valence-electron chi connectivity index (χ2n) is 7.06. The maximum absolute atomic E-state index is 13.5. The summed E-state index contributed by atoms with van der Waals surface area (Å²) >= 11 is 0. The minimum atomic E-state index is -0.429. The number of piperidine rings is 1. The highest BCUT2D eigenvalue weighted by Crippen LogP contribution is 2.29. The van der Waals surface area contributed by atoms with Gasteiger partial charge in [0.25, 0.3) is 0 Å². The van der Waals surface area contributed by atoms with Crippen LogP contribution in [0.3, 0.4) is 0 Å². The summed E-state index contributed by atoms with van der Waals surface area (Å²) in [5, 5.41) is 3.11. The molecule has 4 heterocycles. The van der Waals surface area contributed by atoms with Crippen LogP contribution in [0.2, 0.25) is 0 Å². The number of pyridine rings is 2.